The summed E-state index contributed by atoms with van der Waals surface area (Å²) in [6.07, 6.45) is 0.759. The average molecular weight is 264 g/mol. The van der Waals surface area contributed by atoms with E-state index in [-0.39, 0.29) is 0 Å². The zero-order valence-corrected chi connectivity index (χ0v) is 11.6. The summed E-state index contributed by atoms with van der Waals surface area (Å²) in [7, 11) is 0. The van der Waals surface area contributed by atoms with Gasteiger partial charge in [0.15, 0.2) is 0 Å². The van der Waals surface area contributed by atoms with Gasteiger partial charge in [-0.1, -0.05) is 18.2 Å². The van der Waals surface area contributed by atoms with Crippen LogP contribution in [0, 0.1) is 18.3 Å². The largest absolute Gasteiger partial charge is 0.340 e. The molecular weight excluding hydrogens is 248 g/mol. The highest BCUT2D eigenvalue weighted by molar-refractivity contribution is 5.80. The average Bonchev–Trinajstić information content (AvgIpc) is 2.50. The molecule has 0 bridgehead atoms. The second-order valence-electron chi connectivity index (χ2n) is 4.54. The number of rotatable bonds is 4. The lowest BCUT2D eigenvalue weighted by atomic mass is 10.1. The number of carbonyl (C=O) groups excluding carboxylic acids is 1. The lowest BCUT2D eigenvalue weighted by molar-refractivity contribution is 0.112. The molecule has 0 saturated heterocycles. The van der Waals surface area contributed by atoms with Gasteiger partial charge in [-0.15, -0.1) is 0 Å². The molecule has 3 heteroatoms. The van der Waals surface area contributed by atoms with Gasteiger partial charge in [0.05, 0.1) is 11.3 Å². The predicted octanol–water partition coefficient (Wildman–Crippen LogP) is 3.84. The smallest absolute Gasteiger partial charge is 0.150 e. The van der Waals surface area contributed by atoms with E-state index in [4.69, 9.17) is 0 Å². The van der Waals surface area contributed by atoms with E-state index >= 15 is 0 Å². The number of benzene rings is 2. The van der Waals surface area contributed by atoms with Crippen LogP contribution in [0.15, 0.2) is 42.5 Å². The van der Waals surface area contributed by atoms with E-state index in [0.29, 0.717) is 11.1 Å². The van der Waals surface area contributed by atoms with E-state index in [1.807, 2.05) is 44.2 Å². The Hall–Kier alpha value is -2.60. The first-order valence-corrected chi connectivity index (χ1v) is 6.53. The van der Waals surface area contributed by atoms with Crippen molar-refractivity contribution in [1.29, 1.82) is 5.26 Å². The predicted molar refractivity (Wildman–Crippen MR) is 80.4 cm³/mol. The lowest BCUT2D eigenvalue weighted by Gasteiger charge is -2.26. The summed E-state index contributed by atoms with van der Waals surface area (Å²) in [5.41, 5.74) is 4.09. The lowest BCUT2D eigenvalue weighted by Crippen LogP contribution is -2.18. The minimum absolute atomic E-state index is 0.514. The maximum Gasteiger partial charge on any atom is 0.150 e. The molecule has 0 saturated carbocycles. The quantitative estimate of drug-likeness (QED) is 0.788. The molecule has 0 heterocycles. The van der Waals surface area contributed by atoms with Gasteiger partial charge in [-0.3, -0.25) is 4.79 Å². The third-order valence-electron chi connectivity index (χ3n) is 3.29. The summed E-state index contributed by atoms with van der Waals surface area (Å²) in [5.74, 6) is 0. The molecule has 0 aromatic heterocycles. The van der Waals surface area contributed by atoms with Gasteiger partial charge in [-0.25, -0.2) is 0 Å². The van der Waals surface area contributed by atoms with Crippen molar-refractivity contribution in [1.82, 2.24) is 0 Å². The summed E-state index contributed by atoms with van der Waals surface area (Å²) in [6.45, 7) is 4.84. The molecule has 2 aromatic rings. The minimum Gasteiger partial charge on any atom is -0.340 e. The van der Waals surface area contributed by atoms with Crippen LogP contribution in [0.4, 0.5) is 11.4 Å². The van der Waals surface area contributed by atoms with Crippen LogP contribution in [0.5, 0.6) is 0 Å². The Kier molecular flexibility index (Phi) is 4.17. The van der Waals surface area contributed by atoms with Crippen molar-refractivity contribution in [3.63, 3.8) is 0 Å². The van der Waals surface area contributed by atoms with Crippen LogP contribution < -0.4 is 4.90 Å². The van der Waals surface area contributed by atoms with Crippen LogP contribution in [0.25, 0.3) is 0 Å². The van der Waals surface area contributed by atoms with Gasteiger partial charge in [-0.05, 0) is 43.7 Å². The Labute approximate surface area is 119 Å². The van der Waals surface area contributed by atoms with Crippen molar-refractivity contribution in [2.24, 2.45) is 0 Å². The Morgan fingerprint density at radius 3 is 2.55 bits per heavy atom. The Morgan fingerprint density at radius 2 is 1.95 bits per heavy atom. The van der Waals surface area contributed by atoms with Crippen LogP contribution in [0.2, 0.25) is 0 Å². The van der Waals surface area contributed by atoms with Gasteiger partial charge in [0.1, 0.15) is 12.4 Å². The molecule has 0 amide bonds. The number of hydrogen-bond acceptors (Lipinski definition) is 3. The summed E-state index contributed by atoms with van der Waals surface area (Å²) < 4.78 is 0. The Morgan fingerprint density at radius 1 is 1.20 bits per heavy atom. The van der Waals surface area contributed by atoms with Gasteiger partial charge in [0, 0.05) is 17.8 Å². The van der Waals surface area contributed by atoms with Crippen molar-refractivity contribution in [2.45, 2.75) is 13.8 Å². The van der Waals surface area contributed by atoms with E-state index in [0.717, 1.165) is 29.8 Å². The molecule has 0 fully saturated rings. The zero-order chi connectivity index (χ0) is 14.5. The number of hydrogen-bond donors (Lipinski definition) is 0. The summed E-state index contributed by atoms with van der Waals surface area (Å²) >= 11 is 0. The second-order valence-corrected chi connectivity index (χ2v) is 4.54. The molecule has 3 nitrogen and oxygen atoms in total. The first kappa shape index (κ1) is 13.8. The molecule has 0 unspecified atom stereocenters. The van der Waals surface area contributed by atoms with Crippen molar-refractivity contribution >= 4 is 17.7 Å². The van der Waals surface area contributed by atoms with E-state index in [9.17, 15) is 10.1 Å². The molecule has 2 rings (SSSR count). The summed E-state index contributed by atoms with van der Waals surface area (Å²) in [5, 5.41) is 9.31. The monoisotopic (exact) mass is 264 g/mol. The van der Waals surface area contributed by atoms with E-state index in [2.05, 4.69) is 11.0 Å². The molecule has 0 aliphatic heterocycles. The third-order valence-corrected chi connectivity index (χ3v) is 3.29. The van der Waals surface area contributed by atoms with Crippen LogP contribution in [0.3, 0.4) is 0 Å². The molecule has 20 heavy (non-hydrogen) atoms. The molecule has 0 aliphatic rings. The first-order valence-electron chi connectivity index (χ1n) is 6.53. The molecule has 2 aromatic carbocycles. The number of carbonyl (C=O) groups is 1. The van der Waals surface area contributed by atoms with Crippen molar-refractivity contribution in [3.05, 3.63) is 59.2 Å². The zero-order valence-electron chi connectivity index (χ0n) is 11.6. The number of nitrogens with zero attached hydrogens (tertiary/aromatic N) is 2. The standard InChI is InChI=1S/C17H16N2O/c1-3-19(16-7-5-4-6-13(16)2)17-9-8-14(12-20)10-15(17)11-18/h4-10,12H,3H2,1-2H3. The van der Waals surface area contributed by atoms with Crippen LogP contribution in [-0.4, -0.2) is 12.8 Å². The minimum atomic E-state index is 0.514. The molecule has 0 atom stereocenters. The van der Waals surface area contributed by atoms with Gasteiger partial charge in [0.2, 0.25) is 0 Å². The maximum atomic E-state index is 10.8. The molecule has 0 radical (unpaired) electrons. The highest BCUT2D eigenvalue weighted by Crippen LogP contribution is 2.30. The van der Waals surface area contributed by atoms with Crippen LogP contribution in [-0.2, 0) is 0 Å². The molecular formula is C17H16N2O. The van der Waals surface area contributed by atoms with E-state index < -0.39 is 0 Å². The number of para-hydroxylation sites is 1. The topological polar surface area (TPSA) is 44.1 Å². The van der Waals surface area contributed by atoms with Gasteiger partial charge < -0.3 is 4.90 Å². The molecule has 100 valence electrons. The summed E-state index contributed by atoms with van der Waals surface area (Å²) in [4.78, 5) is 12.9. The second kappa shape index (κ2) is 6.03. The third kappa shape index (κ3) is 2.55. The van der Waals surface area contributed by atoms with Crippen LogP contribution in [0.1, 0.15) is 28.4 Å². The Balaban J connectivity index is 2.56. The van der Waals surface area contributed by atoms with E-state index in [1.165, 1.54) is 0 Å². The first-order chi connectivity index (χ1) is 9.71. The number of aldehydes is 1. The number of nitriles is 1. The normalized spacial score (nSPS) is 9.85. The van der Waals surface area contributed by atoms with Gasteiger partial charge >= 0.3 is 0 Å². The fourth-order valence-electron chi connectivity index (χ4n) is 2.29. The summed E-state index contributed by atoms with van der Waals surface area (Å²) in [6, 6.07) is 15.4. The highest BCUT2D eigenvalue weighted by Gasteiger charge is 2.13. The van der Waals surface area contributed by atoms with Crippen LogP contribution >= 0.6 is 0 Å². The SMILES string of the molecule is CCN(c1ccccc1C)c1ccc(C=O)cc1C#N. The molecule has 0 spiro atoms. The van der Waals surface area contributed by atoms with Crippen molar-refractivity contribution in [2.75, 3.05) is 11.4 Å². The molecule has 0 aliphatic carbocycles. The van der Waals surface area contributed by atoms with Gasteiger partial charge in [-0.2, -0.15) is 5.26 Å². The Bertz CT molecular complexity index is 671. The van der Waals surface area contributed by atoms with E-state index in [1.54, 1.807) is 12.1 Å². The van der Waals surface area contributed by atoms with Crippen molar-refractivity contribution < 1.29 is 4.79 Å². The molecule has 0 N–H and O–H groups in total. The number of aryl methyl sites for hydroxylation is 1. The fraction of sp³-hybridized carbons (Fsp3) is 0.176. The number of anilines is 2. The van der Waals surface area contributed by atoms with Gasteiger partial charge in [0.25, 0.3) is 0 Å². The maximum absolute atomic E-state index is 10.8. The van der Waals surface area contributed by atoms with Crippen molar-refractivity contribution in [3.8, 4) is 6.07 Å². The fourth-order valence-corrected chi connectivity index (χ4v) is 2.29. The highest BCUT2D eigenvalue weighted by atomic mass is 16.1.